The Morgan fingerprint density at radius 3 is 2.60 bits per heavy atom. The monoisotopic (exact) mass is 269 g/mol. The minimum Gasteiger partial charge on any atom is -0.299 e. The van der Waals surface area contributed by atoms with E-state index in [2.05, 4.69) is 10.2 Å². The zero-order valence-electron chi connectivity index (χ0n) is 8.47. The number of rotatable bonds is 5. The highest BCUT2D eigenvalue weighted by Gasteiger charge is 2.08. The quantitative estimate of drug-likeness (QED) is 0.786. The summed E-state index contributed by atoms with van der Waals surface area (Å²) in [6.07, 6.45) is 1.22. The fraction of sp³-hybridized carbons (Fsp3) is 0.714. The van der Waals surface area contributed by atoms with Crippen LogP contribution in [0.25, 0.3) is 0 Å². The Kier molecular flexibility index (Phi) is 4.45. The van der Waals surface area contributed by atoms with Crippen LogP contribution >= 0.6 is 22.9 Å². The standard InChI is InChI=1S/C7H12ClN3O2S2/c1-11(3-4-15(2,12)13)5-6-9-10-7(8)14-6/h3-5H2,1-2H3. The van der Waals surface area contributed by atoms with E-state index in [9.17, 15) is 8.42 Å². The van der Waals surface area contributed by atoms with Gasteiger partial charge in [0.2, 0.25) is 4.47 Å². The Bertz CT molecular complexity index is 418. The van der Waals surface area contributed by atoms with Crippen molar-refractivity contribution < 1.29 is 8.42 Å². The molecule has 0 unspecified atom stereocenters. The van der Waals surface area contributed by atoms with Gasteiger partial charge in [-0.3, -0.25) is 4.90 Å². The summed E-state index contributed by atoms with van der Waals surface area (Å²) in [4.78, 5) is 1.87. The van der Waals surface area contributed by atoms with Gasteiger partial charge in [-0.1, -0.05) is 11.3 Å². The van der Waals surface area contributed by atoms with E-state index in [1.165, 1.54) is 17.6 Å². The maximum Gasteiger partial charge on any atom is 0.207 e. The molecule has 0 aliphatic rings. The molecule has 0 fully saturated rings. The minimum atomic E-state index is -2.91. The molecular formula is C7H12ClN3O2S2. The largest absolute Gasteiger partial charge is 0.299 e. The fourth-order valence-corrected chi connectivity index (χ4v) is 2.52. The fourth-order valence-electron chi connectivity index (χ4n) is 0.929. The van der Waals surface area contributed by atoms with E-state index in [0.717, 1.165) is 5.01 Å². The van der Waals surface area contributed by atoms with Crippen LogP contribution in [0.1, 0.15) is 5.01 Å². The lowest BCUT2D eigenvalue weighted by atomic mass is 10.5. The summed E-state index contributed by atoms with van der Waals surface area (Å²) in [5.41, 5.74) is 0. The van der Waals surface area contributed by atoms with Crippen LogP contribution < -0.4 is 0 Å². The van der Waals surface area contributed by atoms with Gasteiger partial charge in [-0.05, 0) is 18.6 Å². The zero-order chi connectivity index (χ0) is 11.5. The van der Waals surface area contributed by atoms with Gasteiger partial charge in [-0.15, -0.1) is 10.2 Å². The van der Waals surface area contributed by atoms with E-state index in [1.807, 2.05) is 11.9 Å². The van der Waals surface area contributed by atoms with Crippen molar-refractivity contribution in [3.63, 3.8) is 0 Å². The topological polar surface area (TPSA) is 63.2 Å². The van der Waals surface area contributed by atoms with Crippen LogP contribution in [0, 0.1) is 0 Å². The third-order valence-electron chi connectivity index (χ3n) is 1.69. The maximum absolute atomic E-state index is 10.9. The Labute approximate surface area is 98.0 Å². The number of nitrogens with zero attached hydrogens (tertiary/aromatic N) is 3. The van der Waals surface area contributed by atoms with Gasteiger partial charge in [0.25, 0.3) is 0 Å². The van der Waals surface area contributed by atoms with Gasteiger partial charge in [0.05, 0.1) is 12.3 Å². The SMILES string of the molecule is CN(CCS(C)(=O)=O)Cc1nnc(Cl)s1. The molecule has 0 amide bonds. The molecule has 0 aliphatic heterocycles. The second kappa shape index (κ2) is 5.20. The lowest BCUT2D eigenvalue weighted by molar-refractivity contribution is 0.344. The van der Waals surface area contributed by atoms with Crippen LogP contribution in [0.5, 0.6) is 0 Å². The van der Waals surface area contributed by atoms with Crippen molar-refractivity contribution in [3.05, 3.63) is 9.47 Å². The zero-order valence-corrected chi connectivity index (χ0v) is 10.9. The highest BCUT2D eigenvalue weighted by molar-refractivity contribution is 7.90. The molecule has 0 N–H and O–H groups in total. The molecular weight excluding hydrogens is 258 g/mol. The van der Waals surface area contributed by atoms with Crippen molar-refractivity contribution in [3.8, 4) is 0 Å². The van der Waals surface area contributed by atoms with E-state index in [4.69, 9.17) is 11.6 Å². The van der Waals surface area contributed by atoms with Crippen LogP contribution in [0.4, 0.5) is 0 Å². The van der Waals surface area contributed by atoms with Crippen LogP contribution in [-0.4, -0.2) is 49.1 Å². The molecule has 86 valence electrons. The molecule has 1 rings (SSSR count). The summed E-state index contributed by atoms with van der Waals surface area (Å²) < 4.78 is 22.2. The lowest BCUT2D eigenvalue weighted by Crippen LogP contribution is -2.24. The number of hydrogen-bond donors (Lipinski definition) is 0. The highest BCUT2D eigenvalue weighted by Crippen LogP contribution is 2.15. The summed E-state index contributed by atoms with van der Waals surface area (Å²) in [6.45, 7) is 1.05. The first kappa shape index (κ1) is 12.8. The maximum atomic E-state index is 10.9. The molecule has 0 aromatic carbocycles. The van der Waals surface area contributed by atoms with E-state index >= 15 is 0 Å². The van der Waals surface area contributed by atoms with Gasteiger partial charge in [0.15, 0.2) is 0 Å². The van der Waals surface area contributed by atoms with Crippen LogP contribution in [0.3, 0.4) is 0 Å². The molecule has 1 aromatic rings. The van der Waals surface area contributed by atoms with Crippen LogP contribution in [0.15, 0.2) is 0 Å². The molecule has 0 bridgehead atoms. The Morgan fingerprint density at radius 1 is 1.47 bits per heavy atom. The summed E-state index contributed by atoms with van der Waals surface area (Å²) in [7, 11) is -1.07. The molecule has 0 atom stereocenters. The summed E-state index contributed by atoms with van der Waals surface area (Å²) >= 11 is 6.93. The number of halogens is 1. The van der Waals surface area contributed by atoms with Crippen molar-refractivity contribution in [2.45, 2.75) is 6.54 Å². The minimum absolute atomic E-state index is 0.149. The van der Waals surface area contributed by atoms with Gasteiger partial charge in [0.1, 0.15) is 14.8 Å². The molecule has 0 aliphatic carbocycles. The third kappa shape index (κ3) is 5.41. The second-order valence-electron chi connectivity index (χ2n) is 3.32. The number of aromatic nitrogens is 2. The average Bonchev–Trinajstić information content (AvgIpc) is 2.47. The van der Waals surface area contributed by atoms with Gasteiger partial charge in [-0.25, -0.2) is 8.42 Å². The lowest BCUT2D eigenvalue weighted by Gasteiger charge is -2.13. The molecule has 1 heterocycles. The van der Waals surface area contributed by atoms with Crippen LogP contribution in [-0.2, 0) is 16.4 Å². The van der Waals surface area contributed by atoms with Crippen molar-refractivity contribution in [2.24, 2.45) is 0 Å². The number of hydrogen-bond acceptors (Lipinski definition) is 6. The number of sulfone groups is 1. The molecule has 0 saturated carbocycles. The van der Waals surface area contributed by atoms with E-state index in [-0.39, 0.29) is 5.75 Å². The van der Waals surface area contributed by atoms with E-state index < -0.39 is 9.84 Å². The first-order chi connectivity index (χ1) is 6.87. The molecule has 0 saturated heterocycles. The van der Waals surface area contributed by atoms with Crippen molar-refractivity contribution in [2.75, 3.05) is 25.6 Å². The Balaban J connectivity index is 2.40. The van der Waals surface area contributed by atoms with Gasteiger partial charge in [-0.2, -0.15) is 0 Å². The average molecular weight is 270 g/mol. The summed E-state index contributed by atoms with van der Waals surface area (Å²) in [5.74, 6) is 0.149. The summed E-state index contributed by atoms with van der Waals surface area (Å²) in [6, 6.07) is 0. The van der Waals surface area contributed by atoms with Crippen molar-refractivity contribution >= 4 is 32.8 Å². The second-order valence-corrected chi connectivity index (χ2v) is 7.22. The Hall–Kier alpha value is -0.240. The van der Waals surface area contributed by atoms with E-state index in [1.54, 1.807) is 0 Å². The molecule has 0 radical (unpaired) electrons. The van der Waals surface area contributed by atoms with Crippen LogP contribution in [0.2, 0.25) is 4.47 Å². The predicted octanol–water partition coefficient (Wildman–Crippen LogP) is 0.668. The smallest absolute Gasteiger partial charge is 0.207 e. The van der Waals surface area contributed by atoms with Crippen molar-refractivity contribution in [1.82, 2.24) is 15.1 Å². The van der Waals surface area contributed by atoms with Gasteiger partial charge < -0.3 is 0 Å². The van der Waals surface area contributed by atoms with Gasteiger partial charge >= 0.3 is 0 Å². The first-order valence-electron chi connectivity index (χ1n) is 4.21. The molecule has 5 nitrogen and oxygen atoms in total. The summed E-state index contributed by atoms with van der Waals surface area (Å²) in [5, 5.41) is 8.30. The Morgan fingerprint density at radius 2 is 2.13 bits per heavy atom. The van der Waals surface area contributed by atoms with Crippen molar-refractivity contribution in [1.29, 1.82) is 0 Å². The van der Waals surface area contributed by atoms with E-state index in [0.29, 0.717) is 17.6 Å². The molecule has 0 spiro atoms. The first-order valence-corrected chi connectivity index (χ1v) is 7.46. The molecule has 8 heteroatoms. The molecule has 1 aromatic heterocycles. The highest BCUT2D eigenvalue weighted by atomic mass is 35.5. The van der Waals surface area contributed by atoms with Gasteiger partial charge in [0, 0.05) is 12.8 Å². The normalized spacial score (nSPS) is 12.3. The predicted molar refractivity (Wildman–Crippen MR) is 61.0 cm³/mol. The molecule has 15 heavy (non-hydrogen) atoms. The third-order valence-corrected chi connectivity index (χ3v) is 3.62.